The van der Waals surface area contributed by atoms with Crippen molar-refractivity contribution < 1.29 is 51.8 Å². The molecular weight excluding hydrogens is 484 g/mol. The number of imidazole rings is 1. The number of aliphatic hydroxyl groups excluding tert-OH is 2. The van der Waals surface area contributed by atoms with Gasteiger partial charge in [0.1, 0.15) is 24.6 Å². The van der Waals surface area contributed by atoms with Gasteiger partial charge in [0.2, 0.25) is 12.0 Å². The number of aliphatic hydroxyl groups is 2. The molecule has 1 saturated heterocycles. The Labute approximate surface area is 186 Å². The molecule has 0 radical (unpaired) electrons. The summed E-state index contributed by atoms with van der Waals surface area (Å²) in [6.07, 6.45) is -0.760. The van der Waals surface area contributed by atoms with Crippen molar-refractivity contribution in [2.45, 2.75) is 49.8 Å². The SMILES string of the molecule is Nc1c2ncn3c2nc[n+]1[C@H]1CC[C@@H](COP(=O)([O-])OP(=O)(O)OC[C@H]2O[C@@H]3[C@H](O)[C@@H]2O)C1. The van der Waals surface area contributed by atoms with Crippen molar-refractivity contribution in [2.75, 3.05) is 18.9 Å². The van der Waals surface area contributed by atoms with Crippen LogP contribution in [0.25, 0.3) is 11.2 Å². The van der Waals surface area contributed by atoms with Gasteiger partial charge in [0, 0.05) is 0 Å². The molecule has 8 bridgehead atoms. The predicted octanol–water partition coefficient (Wildman–Crippen LogP) is -1.11. The zero-order chi connectivity index (χ0) is 23.5. The molecule has 0 amide bonds. The number of hydrogen-bond acceptors (Lipinski definition) is 12. The number of nitrogen functional groups attached to an aromatic ring is 1. The molecule has 182 valence electrons. The lowest BCUT2D eigenvalue weighted by Crippen LogP contribution is -2.42. The molecule has 2 unspecified atom stereocenters. The standard InChI is InChI=1S/C16H23N5O10P2/c17-14-11-15-19-7-20(14)9-2-1-8(3-9)4-28-32(24,25)31-33(26,27)29-5-10-12(22)13(23)16(30-10)21(15)6-18-11/h6-10,12-13,16-17,22-23H,1-5H2,(H2,24,25,26,27)/t8-,9+,10-,12-,13-,16-/m1/s1. The van der Waals surface area contributed by atoms with Crippen LogP contribution in [0.2, 0.25) is 0 Å². The van der Waals surface area contributed by atoms with Gasteiger partial charge in [0.05, 0.1) is 19.3 Å². The molecule has 1 saturated carbocycles. The number of phosphoric acid groups is 2. The molecule has 3 aliphatic heterocycles. The number of phosphoric ester groups is 2. The van der Waals surface area contributed by atoms with Crippen LogP contribution in [0.4, 0.5) is 5.82 Å². The summed E-state index contributed by atoms with van der Waals surface area (Å²) in [5, 5.41) is 20.8. The summed E-state index contributed by atoms with van der Waals surface area (Å²) in [5.41, 5.74) is 7.02. The number of hydrogen-bond donors (Lipinski definition) is 4. The van der Waals surface area contributed by atoms with Gasteiger partial charge in [-0.1, -0.05) is 4.98 Å². The average Bonchev–Trinajstić information content (AvgIpc) is 3.44. The van der Waals surface area contributed by atoms with Crippen LogP contribution < -0.4 is 15.2 Å². The first-order valence-electron chi connectivity index (χ1n) is 10.2. The lowest BCUT2D eigenvalue weighted by Gasteiger charge is -2.26. The third kappa shape index (κ3) is 4.34. The Morgan fingerprint density at radius 1 is 1.18 bits per heavy atom. The lowest BCUT2D eigenvalue weighted by atomic mass is 10.1. The van der Waals surface area contributed by atoms with Gasteiger partial charge < -0.3 is 35.0 Å². The largest absolute Gasteiger partial charge is 0.756 e. The Morgan fingerprint density at radius 2 is 1.97 bits per heavy atom. The minimum absolute atomic E-state index is 0.0988. The lowest BCUT2D eigenvalue weighted by molar-refractivity contribution is -0.710. The molecule has 1 aliphatic carbocycles. The summed E-state index contributed by atoms with van der Waals surface area (Å²) in [7, 11) is -10.3. The quantitative estimate of drug-likeness (QED) is 0.246. The second-order valence-electron chi connectivity index (χ2n) is 8.33. The molecule has 5 N–H and O–H groups in total. The molecule has 2 aromatic rings. The highest BCUT2D eigenvalue weighted by Gasteiger charge is 2.46. The van der Waals surface area contributed by atoms with E-state index in [9.17, 15) is 29.1 Å². The highest BCUT2D eigenvalue weighted by Crippen LogP contribution is 2.58. The third-order valence-electron chi connectivity index (χ3n) is 6.18. The van der Waals surface area contributed by atoms with E-state index in [1.54, 1.807) is 4.57 Å². The van der Waals surface area contributed by atoms with E-state index >= 15 is 0 Å². The summed E-state index contributed by atoms with van der Waals surface area (Å²) in [5.74, 6) is 0.159. The minimum atomic E-state index is -5.18. The van der Waals surface area contributed by atoms with Crippen molar-refractivity contribution in [3.05, 3.63) is 12.7 Å². The van der Waals surface area contributed by atoms with E-state index < -0.39 is 46.8 Å². The first kappa shape index (κ1) is 23.2. The Balaban J connectivity index is 1.53. The van der Waals surface area contributed by atoms with Gasteiger partial charge in [-0.2, -0.15) is 0 Å². The number of anilines is 1. The fourth-order valence-corrected chi connectivity index (χ4v) is 6.65. The zero-order valence-corrected chi connectivity index (χ0v) is 18.9. The Kier molecular flexibility index (Phi) is 5.85. The summed E-state index contributed by atoms with van der Waals surface area (Å²) < 4.78 is 46.7. The maximum absolute atomic E-state index is 12.1. The van der Waals surface area contributed by atoms with Crippen molar-refractivity contribution in [3.63, 3.8) is 0 Å². The van der Waals surface area contributed by atoms with E-state index in [2.05, 4.69) is 14.3 Å². The maximum Gasteiger partial charge on any atom is 0.478 e. The molecular formula is C16H23N5O10P2. The molecule has 33 heavy (non-hydrogen) atoms. The van der Waals surface area contributed by atoms with E-state index in [-0.39, 0.29) is 18.6 Å². The van der Waals surface area contributed by atoms with Crippen LogP contribution in [0.5, 0.6) is 0 Å². The fourth-order valence-electron chi connectivity index (χ4n) is 4.53. The molecule has 2 aromatic heterocycles. The monoisotopic (exact) mass is 507 g/mol. The Bertz CT molecular complexity index is 1160. The van der Waals surface area contributed by atoms with Gasteiger partial charge in [-0.3, -0.25) is 13.7 Å². The predicted molar refractivity (Wildman–Crippen MR) is 105 cm³/mol. The van der Waals surface area contributed by atoms with Crippen LogP contribution in [-0.4, -0.2) is 61.2 Å². The number of nitrogens with zero attached hydrogens (tertiary/aromatic N) is 4. The third-order valence-corrected chi connectivity index (χ3v) is 8.75. The average molecular weight is 507 g/mol. The summed E-state index contributed by atoms with van der Waals surface area (Å²) in [4.78, 5) is 30.6. The number of fused-ring (bicyclic) bond motifs is 7. The van der Waals surface area contributed by atoms with Gasteiger partial charge in [-0.25, -0.2) is 18.4 Å². The number of aromatic nitrogens is 4. The van der Waals surface area contributed by atoms with Crippen LogP contribution in [0, 0.1) is 5.92 Å². The Morgan fingerprint density at radius 3 is 2.76 bits per heavy atom. The van der Waals surface area contributed by atoms with Crippen LogP contribution >= 0.6 is 15.6 Å². The van der Waals surface area contributed by atoms with E-state index in [4.69, 9.17) is 19.5 Å². The van der Waals surface area contributed by atoms with E-state index in [1.807, 2.05) is 0 Å². The van der Waals surface area contributed by atoms with Gasteiger partial charge >= 0.3 is 7.82 Å². The summed E-state index contributed by atoms with van der Waals surface area (Å²) >= 11 is 0. The van der Waals surface area contributed by atoms with Gasteiger partial charge in [0.15, 0.2) is 11.7 Å². The number of nitrogens with two attached hydrogens (primary N) is 1. The smallest absolute Gasteiger partial charge is 0.478 e. The van der Waals surface area contributed by atoms with E-state index in [1.165, 1.54) is 17.2 Å². The van der Waals surface area contributed by atoms with Gasteiger partial charge in [0.25, 0.3) is 13.6 Å². The first-order chi connectivity index (χ1) is 15.5. The van der Waals surface area contributed by atoms with E-state index in [0.29, 0.717) is 36.2 Å². The highest BCUT2D eigenvalue weighted by atomic mass is 31.3. The van der Waals surface area contributed by atoms with Crippen molar-refractivity contribution in [1.82, 2.24) is 14.5 Å². The molecule has 17 heteroatoms. The molecule has 0 spiro atoms. The Hall–Kier alpha value is -1.51. The highest BCUT2D eigenvalue weighted by molar-refractivity contribution is 7.60. The van der Waals surface area contributed by atoms with Crippen molar-refractivity contribution >= 4 is 32.6 Å². The normalized spacial score (nSPS) is 42.1. The molecule has 8 atom stereocenters. The molecule has 2 fully saturated rings. The van der Waals surface area contributed by atoms with Crippen molar-refractivity contribution in [1.29, 1.82) is 0 Å². The zero-order valence-electron chi connectivity index (χ0n) is 17.1. The van der Waals surface area contributed by atoms with Gasteiger partial charge in [-0.05, 0) is 25.2 Å². The molecule has 0 aromatic carbocycles. The summed E-state index contributed by atoms with van der Waals surface area (Å²) in [6.45, 7) is -1.00. The summed E-state index contributed by atoms with van der Waals surface area (Å²) in [6, 6.07) is -0.0988. The van der Waals surface area contributed by atoms with Crippen LogP contribution in [0.15, 0.2) is 12.7 Å². The fraction of sp³-hybridized carbons (Fsp3) is 0.688. The molecule has 6 rings (SSSR count). The maximum atomic E-state index is 12.1. The second-order valence-corrected chi connectivity index (χ2v) is 11.3. The minimum Gasteiger partial charge on any atom is -0.756 e. The first-order valence-corrected chi connectivity index (χ1v) is 13.2. The molecule has 15 nitrogen and oxygen atoms in total. The number of rotatable bonds is 0. The molecule has 5 heterocycles. The topological polar surface area (TPSA) is 215 Å². The van der Waals surface area contributed by atoms with Crippen molar-refractivity contribution in [2.24, 2.45) is 5.92 Å². The van der Waals surface area contributed by atoms with E-state index in [0.717, 1.165) is 0 Å². The number of ether oxygens (including phenoxy) is 1. The van der Waals surface area contributed by atoms with Crippen LogP contribution in [-0.2, 0) is 27.2 Å². The van der Waals surface area contributed by atoms with Gasteiger partial charge in [-0.15, -0.1) is 0 Å². The van der Waals surface area contributed by atoms with Crippen LogP contribution in [0.1, 0.15) is 31.5 Å². The molecule has 4 aliphatic rings. The second kappa shape index (κ2) is 8.31. The van der Waals surface area contributed by atoms with Crippen molar-refractivity contribution in [3.8, 4) is 0 Å². The van der Waals surface area contributed by atoms with Crippen LogP contribution in [0.3, 0.4) is 0 Å².